The Morgan fingerprint density at radius 2 is 2.00 bits per heavy atom. The van der Waals surface area contributed by atoms with Crippen molar-refractivity contribution in [2.24, 2.45) is 0 Å². The topological polar surface area (TPSA) is 45.6 Å². The smallest absolute Gasteiger partial charge is 0.260 e. The highest BCUT2D eigenvalue weighted by Gasteiger charge is 2.27. The molecule has 1 unspecified atom stereocenters. The molecule has 2 aliphatic heterocycles. The monoisotopic (exact) mass is 491 g/mol. The predicted octanol–water partition coefficient (Wildman–Crippen LogP) is 4.69. The van der Waals surface area contributed by atoms with E-state index in [2.05, 4.69) is 4.90 Å². The Morgan fingerprint density at radius 1 is 1.21 bits per heavy atom. The van der Waals surface area contributed by atoms with E-state index in [1.807, 2.05) is 5.38 Å². The maximum atomic E-state index is 13.7. The van der Waals surface area contributed by atoms with Crippen molar-refractivity contribution in [3.8, 4) is 11.1 Å². The molecular weight excluding hydrogens is 468 g/mol. The minimum Gasteiger partial charge on any atom is -0.338 e. The quantitative estimate of drug-likeness (QED) is 0.520. The molecule has 0 radical (unpaired) electrons. The molecule has 4 heterocycles. The van der Waals surface area contributed by atoms with Crippen molar-refractivity contribution in [2.75, 3.05) is 26.2 Å². The molecular formula is C24H24ClF2N3O2S. The second-order valence-electron chi connectivity index (χ2n) is 8.78. The molecule has 2 aromatic heterocycles. The van der Waals surface area contributed by atoms with Crippen LogP contribution in [0.25, 0.3) is 21.2 Å². The van der Waals surface area contributed by atoms with Gasteiger partial charge in [0.05, 0.1) is 17.0 Å². The van der Waals surface area contributed by atoms with Gasteiger partial charge in [0.15, 0.2) is 0 Å². The zero-order valence-corrected chi connectivity index (χ0v) is 19.6. The van der Waals surface area contributed by atoms with Crippen LogP contribution in [0.3, 0.4) is 0 Å². The van der Waals surface area contributed by atoms with Crippen molar-refractivity contribution < 1.29 is 13.6 Å². The van der Waals surface area contributed by atoms with Gasteiger partial charge in [-0.1, -0.05) is 17.7 Å². The normalized spacial score (nSPS) is 19.1. The Balaban J connectivity index is 1.59. The number of aromatic nitrogens is 1. The number of benzene rings is 1. The number of thiophene rings is 1. The highest BCUT2D eigenvalue weighted by molar-refractivity contribution is 7.18. The van der Waals surface area contributed by atoms with Gasteiger partial charge in [0.1, 0.15) is 18.5 Å². The van der Waals surface area contributed by atoms with Gasteiger partial charge in [-0.25, -0.2) is 8.78 Å². The van der Waals surface area contributed by atoms with Crippen LogP contribution < -0.4 is 5.56 Å². The number of alkyl halides is 1. The SMILES string of the molecule is O=C(Cn1cc(CN2CCCC2)c2scc(-c3ccc(F)c(Cl)c3)c2c1=O)N1CCC(F)C1. The van der Waals surface area contributed by atoms with E-state index in [1.165, 1.54) is 32.9 Å². The lowest BCUT2D eigenvalue weighted by Gasteiger charge is -2.19. The Bertz CT molecular complexity index is 1270. The van der Waals surface area contributed by atoms with E-state index in [4.69, 9.17) is 11.6 Å². The van der Waals surface area contributed by atoms with Crippen molar-refractivity contribution in [1.29, 1.82) is 0 Å². The Labute approximate surface area is 199 Å². The molecule has 0 spiro atoms. The lowest BCUT2D eigenvalue weighted by atomic mass is 10.0. The van der Waals surface area contributed by atoms with Gasteiger partial charge < -0.3 is 9.47 Å². The van der Waals surface area contributed by atoms with Crippen LogP contribution >= 0.6 is 22.9 Å². The summed E-state index contributed by atoms with van der Waals surface area (Å²) in [5.41, 5.74) is 2.03. The first-order valence-electron chi connectivity index (χ1n) is 11.1. The van der Waals surface area contributed by atoms with Crippen molar-refractivity contribution in [3.63, 3.8) is 0 Å². The second kappa shape index (κ2) is 9.16. The van der Waals surface area contributed by atoms with Crippen LogP contribution in [0.1, 0.15) is 24.8 Å². The maximum absolute atomic E-state index is 13.7. The first-order valence-corrected chi connectivity index (χ1v) is 12.4. The summed E-state index contributed by atoms with van der Waals surface area (Å²) < 4.78 is 29.7. The number of amides is 1. The van der Waals surface area contributed by atoms with E-state index in [0.717, 1.165) is 36.2 Å². The summed E-state index contributed by atoms with van der Waals surface area (Å²) in [6.07, 6.45) is 3.39. The molecule has 0 aliphatic carbocycles. The lowest BCUT2D eigenvalue weighted by Crippen LogP contribution is -2.35. The van der Waals surface area contributed by atoms with E-state index in [0.29, 0.717) is 36.0 Å². The Hall–Kier alpha value is -2.29. The zero-order valence-electron chi connectivity index (χ0n) is 18.0. The molecule has 0 N–H and O–H groups in total. The van der Waals surface area contributed by atoms with E-state index < -0.39 is 12.0 Å². The van der Waals surface area contributed by atoms with Crippen molar-refractivity contribution in [2.45, 2.75) is 38.5 Å². The molecule has 1 amide bonds. The van der Waals surface area contributed by atoms with Gasteiger partial charge in [-0.05, 0) is 50.0 Å². The molecule has 1 aromatic carbocycles. The minimum atomic E-state index is -1.01. The van der Waals surface area contributed by atoms with Gasteiger partial charge >= 0.3 is 0 Å². The number of hydrogen-bond acceptors (Lipinski definition) is 4. The molecule has 2 fully saturated rings. The van der Waals surface area contributed by atoms with Crippen LogP contribution in [0.15, 0.2) is 34.6 Å². The Morgan fingerprint density at radius 3 is 2.70 bits per heavy atom. The molecule has 0 bridgehead atoms. The number of fused-ring (bicyclic) bond motifs is 1. The van der Waals surface area contributed by atoms with Crippen LogP contribution in [0, 0.1) is 5.82 Å². The minimum absolute atomic E-state index is 0.00890. The van der Waals surface area contributed by atoms with Crippen molar-refractivity contribution in [1.82, 2.24) is 14.4 Å². The third kappa shape index (κ3) is 4.44. The summed E-state index contributed by atoms with van der Waals surface area (Å²) in [6.45, 7) is 3.00. The summed E-state index contributed by atoms with van der Waals surface area (Å²) in [5.74, 6) is -0.778. The number of pyridine rings is 1. The van der Waals surface area contributed by atoms with E-state index in [1.54, 1.807) is 12.3 Å². The maximum Gasteiger partial charge on any atom is 0.260 e. The molecule has 1 atom stereocenters. The second-order valence-corrected chi connectivity index (χ2v) is 10.1. The van der Waals surface area contributed by atoms with Gasteiger partial charge in [0.2, 0.25) is 5.91 Å². The fourth-order valence-corrected chi connectivity index (χ4v) is 5.99. The van der Waals surface area contributed by atoms with Gasteiger partial charge in [0.25, 0.3) is 5.56 Å². The van der Waals surface area contributed by atoms with Gasteiger partial charge in [-0.15, -0.1) is 11.3 Å². The first kappa shape index (κ1) is 22.5. The third-order valence-corrected chi connectivity index (χ3v) is 7.83. The summed E-state index contributed by atoms with van der Waals surface area (Å²) in [6, 6.07) is 4.42. The fourth-order valence-electron chi connectivity index (χ4n) is 4.73. The molecule has 0 saturated carbocycles. The van der Waals surface area contributed by atoms with Gasteiger partial charge in [-0.3, -0.25) is 14.5 Å². The molecule has 2 aliphatic rings. The van der Waals surface area contributed by atoms with E-state index >= 15 is 0 Å². The number of nitrogens with zero attached hydrogens (tertiary/aromatic N) is 3. The summed E-state index contributed by atoms with van der Waals surface area (Å²) in [4.78, 5) is 30.2. The molecule has 174 valence electrons. The number of rotatable bonds is 5. The van der Waals surface area contributed by atoms with Crippen molar-refractivity contribution in [3.05, 3.63) is 56.5 Å². The third-order valence-electron chi connectivity index (χ3n) is 6.48. The average molecular weight is 492 g/mol. The van der Waals surface area contributed by atoms with Crippen molar-refractivity contribution >= 4 is 38.9 Å². The zero-order chi connectivity index (χ0) is 23.1. The largest absolute Gasteiger partial charge is 0.338 e. The highest BCUT2D eigenvalue weighted by Crippen LogP contribution is 2.36. The molecule has 2 saturated heterocycles. The standard InChI is InChI=1S/C24H24ClF2N3O2S/c25-19-9-15(3-4-20(19)27)18-14-33-23-16(10-28-6-1-2-7-28)11-30(24(32)22(18)23)13-21(31)29-8-5-17(26)12-29/h3-4,9,11,14,17H,1-2,5-8,10,12-13H2. The number of halogens is 3. The van der Waals surface area contributed by atoms with Gasteiger partial charge in [-0.2, -0.15) is 0 Å². The molecule has 33 heavy (non-hydrogen) atoms. The number of carbonyl (C=O) groups is 1. The lowest BCUT2D eigenvalue weighted by molar-refractivity contribution is -0.131. The van der Waals surface area contributed by atoms with Crippen LogP contribution in [0.2, 0.25) is 5.02 Å². The molecule has 5 rings (SSSR count). The fraction of sp³-hybridized carbons (Fsp3) is 0.417. The highest BCUT2D eigenvalue weighted by atomic mass is 35.5. The summed E-state index contributed by atoms with van der Waals surface area (Å²) >= 11 is 7.48. The first-order chi connectivity index (χ1) is 15.9. The Kier molecular flexibility index (Phi) is 6.24. The average Bonchev–Trinajstić information content (AvgIpc) is 3.54. The molecule has 3 aromatic rings. The summed E-state index contributed by atoms with van der Waals surface area (Å²) in [7, 11) is 0. The van der Waals surface area contributed by atoms with Crippen LogP contribution in [-0.4, -0.2) is 52.6 Å². The van der Waals surface area contributed by atoms with E-state index in [-0.39, 0.29) is 29.6 Å². The number of likely N-dealkylation sites (tertiary alicyclic amines) is 2. The van der Waals surface area contributed by atoms with Gasteiger partial charge in [0, 0.05) is 40.5 Å². The number of carbonyl (C=O) groups excluding carboxylic acids is 1. The van der Waals surface area contributed by atoms with Crippen LogP contribution in [0.4, 0.5) is 8.78 Å². The van der Waals surface area contributed by atoms with E-state index in [9.17, 15) is 18.4 Å². The molecule has 9 heteroatoms. The summed E-state index contributed by atoms with van der Waals surface area (Å²) in [5, 5.41) is 2.39. The number of hydrogen-bond donors (Lipinski definition) is 0. The van der Waals surface area contributed by atoms with Crippen LogP contribution in [0.5, 0.6) is 0 Å². The predicted molar refractivity (Wildman–Crippen MR) is 127 cm³/mol. The molecule has 5 nitrogen and oxygen atoms in total. The van der Waals surface area contributed by atoms with Crippen LogP contribution in [-0.2, 0) is 17.9 Å².